The number of nitrogens with two attached hydrogens (primary N) is 1. The minimum absolute atomic E-state index is 0.161. The molecule has 1 aliphatic heterocycles. The van der Waals surface area contributed by atoms with Gasteiger partial charge in [-0.25, -0.2) is 4.79 Å². The van der Waals surface area contributed by atoms with E-state index in [0.29, 0.717) is 10.9 Å². The maximum Gasteiger partial charge on any atom is 0.352 e. The average molecular weight is 327 g/mol. The first-order chi connectivity index (χ1) is 11.6. The number of ether oxygens (including phenoxy) is 1. The van der Waals surface area contributed by atoms with Gasteiger partial charge in [-0.1, -0.05) is 24.3 Å². The summed E-state index contributed by atoms with van der Waals surface area (Å²) >= 11 is 0. The molecule has 3 atom stereocenters. The number of anilines is 1. The van der Waals surface area contributed by atoms with Crippen LogP contribution in [0.5, 0.6) is 0 Å². The number of fused-ring (bicyclic) bond motifs is 2. The lowest BCUT2D eigenvalue weighted by atomic mass is 10.1. The van der Waals surface area contributed by atoms with Crippen LogP contribution >= 0.6 is 0 Å². The van der Waals surface area contributed by atoms with E-state index in [1.165, 1.54) is 4.57 Å². The molecule has 2 heterocycles. The molecule has 0 radical (unpaired) electrons. The monoisotopic (exact) mass is 327 g/mol. The van der Waals surface area contributed by atoms with Gasteiger partial charge < -0.3 is 20.7 Å². The van der Waals surface area contributed by atoms with Crippen LogP contribution in [0.1, 0.15) is 12.6 Å². The van der Waals surface area contributed by atoms with Crippen molar-refractivity contribution in [3.05, 3.63) is 46.9 Å². The number of nitrogens with zero attached hydrogens (tertiary/aromatic N) is 2. The molecule has 3 aromatic rings. The van der Waals surface area contributed by atoms with Gasteiger partial charge in [0.2, 0.25) is 0 Å². The second-order valence-electron chi connectivity index (χ2n) is 5.98. The fourth-order valence-electron chi connectivity index (χ4n) is 3.27. The minimum atomic E-state index is -0.833. The van der Waals surface area contributed by atoms with Crippen LogP contribution in [0.15, 0.2) is 41.2 Å². The number of benzene rings is 2. The number of rotatable bonds is 2. The Bertz CT molecular complexity index is 985. The highest BCUT2D eigenvalue weighted by atomic mass is 16.5. The summed E-state index contributed by atoms with van der Waals surface area (Å²) in [7, 11) is 0. The largest absolute Gasteiger partial charge is 0.394 e. The fourth-order valence-corrected chi connectivity index (χ4v) is 3.27. The average Bonchev–Trinajstić information content (AvgIpc) is 2.94. The molecule has 1 aliphatic rings. The summed E-state index contributed by atoms with van der Waals surface area (Å²) in [6.07, 6.45) is -2.03. The van der Waals surface area contributed by atoms with Gasteiger partial charge in [-0.3, -0.25) is 4.57 Å². The molecule has 124 valence electrons. The molecule has 24 heavy (non-hydrogen) atoms. The molecular formula is C17H17N3O4. The number of hydrogen-bond acceptors (Lipinski definition) is 6. The van der Waals surface area contributed by atoms with Gasteiger partial charge in [0, 0.05) is 11.8 Å². The van der Waals surface area contributed by atoms with E-state index < -0.39 is 24.1 Å². The Morgan fingerprint density at radius 3 is 2.67 bits per heavy atom. The Labute approximate surface area is 136 Å². The highest BCUT2D eigenvalue weighted by Gasteiger charge is 2.35. The van der Waals surface area contributed by atoms with Crippen LogP contribution < -0.4 is 11.4 Å². The molecule has 0 amide bonds. The predicted octanol–water partition coefficient (Wildman–Crippen LogP) is 0.773. The summed E-state index contributed by atoms with van der Waals surface area (Å²) in [5, 5.41) is 21.8. The van der Waals surface area contributed by atoms with Crippen LogP contribution in [0.25, 0.3) is 21.7 Å². The number of nitrogen functional groups attached to an aromatic ring is 1. The molecule has 1 fully saturated rings. The molecule has 4 rings (SSSR count). The van der Waals surface area contributed by atoms with Crippen LogP contribution in [-0.4, -0.2) is 38.6 Å². The van der Waals surface area contributed by atoms with Crippen molar-refractivity contribution >= 4 is 27.5 Å². The molecule has 0 saturated carbocycles. The second kappa shape index (κ2) is 5.55. The Morgan fingerprint density at radius 2 is 2.00 bits per heavy atom. The van der Waals surface area contributed by atoms with Crippen molar-refractivity contribution in [1.29, 1.82) is 0 Å². The van der Waals surface area contributed by atoms with Crippen LogP contribution in [0.4, 0.5) is 5.82 Å². The zero-order valence-corrected chi connectivity index (χ0v) is 12.8. The number of aromatic nitrogens is 2. The van der Waals surface area contributed by atoms with E-state index in [1.54, 1.807) is 0 Å². The molecule has 7 nitrogen and oxygen atoms in total. The van der Waals surface area contributed by atoms with Gasteiger partial charge in [0.05, 0.1) is 18.2 Å². The van der Waals surface area contributed by atoms with E-state index in [0.717, 1.165) is 10.8 Å². The van der Waals surface area contributed by atoms with E-state index in [2.05, 4.69) is 4.98 Å². The summed E-state index contributed by atoms with van der Waals surface area (Å²) in [6, 6.07) is 11.5. The molecule has 0 aliphatic carbocycles. The zero-order chi connectivity index (χ0) is 16.8. The summed E-state index contributed by atoms with van der Waals surface area (Å²) in [5.41, 5.74) is 6.00. The van der Waals surface area contributed by atoms with Gasteiger partial charge in [-0.2, -0.15) is 4.98 Å². The van der Waals surface area contributed by atoms with Gasteiger partial charge in [0.25, 0.3) is 0 Å². The Balaban J connectivity index is 1.98. The lowest BCUT2D eigenvalue weighted by Crippen LogP contribution is -2.29. The van der Waals surface area contributed by atoms with E-state index in [9.17, 15) is 15.0 Å². The zero-order valence-electron chi connectivity index (χ0n) is 12.8. The van der Waals surface area contributed by atoms with E-state index in [1.807, 2.05) is 36.4 Å². The molecule has 0 bridgehead atoms. The minimum Gasteiger partial charge on any atom is -0.394 e. The first-order valence-electron chi connectivity index (χ1n) is 7.73. The second-order valence-corrected chi connectivity index (χ2v) is 5.98. The van der Waals surface area contributed by atoms with Crippen LogP contribution in [0.3, 0.4) is 0 Å². The maximum atomic E-state index is 12.4. The molecule has 1 aromatic heterocycles. The fraction of sp³-hybridized carbons (Fsp3) is 0.294. The first kappa shape index (κ1) is 15.1. The van der Waals surface area contributed by atoms with E-state index in [-0.39, 0.29) is 18.8 Å². The number of hydrogen-bond donors (Lipinski definition) is 3. The SMILES string of the molecule is Nc1nc(=O)n([C@H]2C[C@H](O)[C@@H](CO)O2)c2cc3ccccc3cc12. The smallest absolute Gasteiger partial charge is 0.352 e. The van der Waals surface area contributed by atoms with Gasteiger partial charge >= 0.3 is 5.69 Å². The quantitative estimate of drug-likeness (QED) is 0.600. The van der Waals surface area contributed by atoms with Gasteiger partial charge in [0.15, 0.2) is 0 Å². The number of aliphatic hydroxyl groups is 2. The molecule has 1 saturated heterocycles. The van der Waals surface area contributed by atoms with Gasteiger partial charge in [-0.15, -0.1) is 0 Å². The Hall–Kier alpha value is -2.48. The standard InChI is InChI=1S/C17H17N3O4/c18-16-11-5-9-3-1-2-4-10(9)6-12(11)20(17(23)19-16)15-7-13(22)14(8-21)24-15/h1-6,13-15,21-22H,7-8H2,(H2,18,19,23)/t13-,14+,15+/m0/s1. The third-order valence-corrected chi connectivity index (χ3v) is 4.49. The Kier molecular flexibility index (Phi) is 3.49. The lowest BCUT2D eigenvalue weighted by Gasteiger charge is -2.18. The van der Waals surface area contributed by atoms with Crippen molar-refractivity contribution in [2.24, 2.45) is 0 Å². The van der Waals surface area contributed by atoms with Crippen molar-refractivity contribution in [3.63, 3.8) is 0 Å². The highest BCUT2D eigenvalue weighted by molar-refractivity contribution is 6.00. The van der Waals surface area contributed by atoms with Crippen molar-refractivity contribution in [2.75, 3.05) is 12.3 Å². The third kappa shape index (κ3) is 2.25. The maximum absolute atomic E-state index is 12.4. The van der Waals surface area contributed by atoms with Crippen molar-refractivity contribution < 1.29 is 14.9 Å². The van der Waals surface area contributed by atoms with Gasteiger partial charge in [-0.05, 0) is 22.9 Å². The number of aliphatic hydroxyl groups excluding tert-OH is 2. The molecule has 4 N–H and O–H groups in total. The molecule has 2 aromatic carbocycles. The van der Waals surface area contributed by atoms with Crippen molar-refractivity contribution in [3.8, 4) is 0 Å². The van der Waals surface area contributed by atoms with Crippen LogP contribution in [0, 0.1) is 0 Å². The first-order valence-corrected chi connectivity index (χ1v) is 7.73. The third-order valence-electron chi connectivity index (χ3n) is 4.49. The summed E-state index contributed by atoms with van der Waals surface area (Å²) < 4.78 is 7.03. The van der Waals surface area contributed by atoms with E-state index in [4.69, 9.17) is 10.5 Å². The summed E-state index contributed by atoms with van der Waals surface area (Å²) in [5.74, 6) is 0.161. The van der Waals surface area contributed by atoms with E-state index >= 15 is 0 Å². The summed E-state index contributed by atoms with van der Waals surface area (Å²) in [4.78, 5) is 16.3. The van der Waals surface area contributed by atoms with Crippen LogP contribution in [-0.2, 0) is 4.74 Å². The van der Waals surface area contributed by atoms with Crippen molar-refractivity contribution in [2.45, 2.75) is 24.9 Å². The highest BCUT2D eigenvalue weighted by Crippen LogP contribution is 2.32. The normalized spacial score (nSPS) is 24.0. The lowest BCUT2D eigenvalue weighted by molar-refractivity contribution is -0.0443. The van der Waals surface area contributed by atoms with Crippen LogP contribution in [0.2, 0.25) is 0 Å². The summed E-state index contributed by atoms with van der Waals surface area (Å²) in [6.45, 7) is -0.310. The molecule has 0 spiro atoms. The Morgan fingerprint density at radius 1 is 1.29 bits per heavy atom. The van der Waals surface area contributed by atoms with Gasteiger partial charge in [0.1, 0.15) is 18.1 Å². The molecule has 0 unspecified atom stereocenters. The molecule has 7 heteroatoms. The van der Waals surface area contributed by atoms with Crippen molar-refractivity contribution in [1.82, 2.24) is 9.55 Å². The molecular weight excluding hydrogens is 310 g/mol. The topological polar surface area (TPSA) is 111 Å². The predicted molar refractivity (Wildman–Crippen MR) is 89.5 cm³/mol.